The molecule has 0 atom stereocenters. The molecule has 0 unspecified atom stereocenters. The Labute approximate surface area is 93.3 Å². The molecule has 72 valence electrons. The monoisotopic (exact) mass is 270 g/mol. The van der Waals surface area contributed by atoms with Crippen molar-refractivity contribution in [2.45, 2.75) is 19.3 Å². The maximum Gasteiger partial charge on any atom is 0.285 e. The quantitative estimate of drug-likeness (QED) is 0.800. The molecule has 0 saturated heterocycles. The van der Waals surface area contributed by atoms with E-state index in [9.17, 15) is 0 Å². The number of aromatic nitrogens is 2. The Hall–Kier alpha value is -0.680. The molecule has 0 N–H and O–H groups in total. The van der Waals surface area contributed by atoms with Gasteiger partial charge in [0.15, 0.2) is 0 Å². The molecule has 0 fully saturated rings. The molecule has 0 saturated carbocycles. The normalized spacial score (nSPS) is 14.6. The molecule has 2 aromatic heterocycles. The van der Waals surface area contributed by atoms with Crippen molar-refractivity contribution in [2.75, 3.05) is 0 Å². The molecule has 0 aliphatic heterocycles. The van der Waals surface area contributed by atoms with Gasteiger partial charge in [-0.2, -0.15) is 0 Å². The summed E-state index contributed by atoms with van der Waals surface area (Å²) < 4.78 is 5.31. The van der Waals surface area contributed by atoms with Crippen molar-refractivity contribution in [3.8, 4) is 10.8 Å². The highest BCUT2D eigenvalue weighted by Gasteiger charge is 2.18. The summed E-state index contributed by atoms with van der Waals surface area (Å²) in [5.41, 5.74) is 1.46. The van der Waals surface area contributed by atoms with Crippen LogP contribution in [0.3, 0.4) is 0 Å². The molecule has 14 heavy (non-hydrogen) atoms. The van der Waals surface area contributed by atoms with Crippen LogP contribution in [0.25, 0.3) is 10.8 Å². The Balaban J connectivity index is 2.05. The Morgan fingerprint density at radius 2 is 2.29 bits per heavy atom. The van der Waals surface area contributed by atoms with Gasteiger partial charge in [-0.25, -0.2) is 0 Å². The molecule has 1 aliphatic rings. The molecule has 2 aromatic rings. The molecule has 0 aromatic carbocycles. The van der Waals surface area contributed by atoms with E-state index in [1.807, 2.05) is 0 Å². The van der Waals surface area contributed by atoms with Crippen molar-refractivity contribution in [1.29, 1.82) is 0 Å². The second kappa shape index (κ2) is 3.17. The Morgan fingerprint density at radius 3 is 3.00 bits per heavy atom. The van der Waals surface area contributed by atoms with Crippen molar-refractivity contribution in [3.05, 3.63) is 21.3 Å². The minimum Gasteiger partial charge on any atom is -0.410 e. The van der Waals surface area contributed by atoms with Crippen LogP contribution in [-0.4, -0.2) is 10.2 Å². The van der Waals surface area contributed by atoms with E-state index < -0.39 is 0 Å². The van der Waals surface area contributed by atoms with Gasteiger partial charge in [0.05, 0.1) is 4.88 Å². The average Bonchev–Trinajstić information content (AvgIpc) is 2.75. The second-order valence-corrected chi connectivity index (χ2v) is 5.09. The number of rotatable bonds is 1. The van der Waals surface area contributed by atoms with Crippen LogP contribution < -0.4 is 0 Å². The first-order valence-electron chi connectivity index (χ1n) is 4.44. The molecule has 0 amide bonds. The summed E-state index contributed by atoms with van der Waals surface area (Å²) in [6, 6.07) is 2.17. The van der Waals surface area contributed by atoms with E-state index in [2.05, 4.69) is 32.2 Å². The van der Waals surface area contributed by atoms with E-state index in [0.29, 0.717) is 10.7 Å². The SMILES string of the molecule is Brc1nnc(-c2cc3c(s2)CCC3)o1. The molecular weight excluding hydrogens is 264 g/mol. The first-order chi connectivity index (χ1) is 6.83. The van der Waals surface area contributed by atoms with Gasteiger partial charge in [0, 0.05) is 20.8 Å². The van der Waals surface area contributed by atoms with Gasteiger partial charge >= 0.3 is 0 Å². The third-order valence-electron chi connectivity index (χ3n) is 2.36. The Morgan fingerprint density at radius 1 is 1.36 bits per heavy atom. The lowest BCUT2D eigenvalue weighted by Crippen LogP contribution is -1.73. The van der Waals surface area contributed by atoms with E-state index >= 15 is 0 Å². The van der Waals surface area contributed by atoms with Crippen LogP contribution in [0.4, 0.5) is 0 Å². The summed E-state index contributed by atoms with van der Waals surface area (Å²) >= 11 is 4.92. The van der Waals surface area contributed by atoms with Crippen LogP contribution in [0.5, 0.6) is 0 Å². The fourth-order valence-corrected chi connectivity index (χ4v) is 3.15. The van der Waals surface area contributed by atoms with Gasteiger partial charge < -0.3 is 4.42 Å². The fourth-order valence-electron chi connectivity index (χ4n) is 1.74. The van der Waals surface area contributed by atoms with Crippen molar-refractivity contribution < 1.29 is 4.42 Å². The number of nitrogens with zero attached hydrogens (tertiary/aromatic N) is 2. The van der Waals surface area contributed by atoms with Crippen LogP contribution in [-0.2, 0) is 12.8 Å². The highest BCUT2D eigenvalue weighted by atomic mass is 79.9. The predicted octanol–water partition coefficient (Wildman–Crippen LogP) is 3.05. The number of thiophene rings is 1. The van der Waals surface area contributed by atoms with Gasteiger partial charge in [-0.05, 0) is 30.9 Å². The van der Waals surface area contributed by atoms with Crippen LogP contribution >= 0.6 is 27.3 Å². The first-order valence-corrected chi connectivity index (χ1v) is 6.05. The maximum absolute atomic E-state index is 5.31. The topological polar surface area (TPSA) is 38.9 Å². The fraction of sp³-hybridized carbons (Fsp3) is 0.333. The lowest BCUT2D eigenvalue weighted by atomic mass is 10.2. The van der Waals surface area contributed by atoms with E-state index in [4.69, 9.17) is 4.42 Å². The number of fused-ring (bicyclic) bond motifs is 1. The van der Waals surface area contributed by atoms with Gasteiger partial charge in [0.2, 0.25) is 0 Å². The second-order valence-electron chi connectivity index (χ2n) is 3.27. The lowest BCUT2D eigenvalue weighted by Gasteiger charge is -1.86. The van der Waals surface area contributed by atoms with Gasteiger partial charge in [-0.3, -0.25) is 0 Å². The van der Waals surface area contributed by atoms with Crippen molar-refractivity contribution in [1.82, 2.24) is 10.2 Å². The Bertz CT molecular complexity index is 455. The zero-order valence-corrected chi connectivity index (χ0v) is 9.69. The van der Waals surface area contributed by atoms with Crippen LogP contribution in [0.2, 0.25) is 0 Å². The summed E-state index contributed by atoms with van der Waals surface area (Å²) in [7, 11) is 0. The van der Waals surface area contributed by atoms with Crippen molar-refractivity contribution >= 4 is 27.3 Å². The number of hydrogen-bond donors (Lipinski definition) is 0. The van der Waals surface area contributed by atoms with E-state index in [0.717, 1.165) is 4.88 Å². The zero-order valence-electron chi connectivity index (χ0n) is 7.29. The summed E-state index contributed by atoms with van der Waals surface area (Å²) in [6.07, 6.45) is 3.69. The number of aryl methyl sites for hydroxylation is 2. The zero-order chi connectivity index (χ0) is 9.54. The summed E-state index contributed by atoms with van der Waals surface area (Å²) in [5, 5.41) is 7.73. The smallest absolute Gasteiger partial charge is 0.285 e. The van der Waals surface area contributed by atoms with Crippen LogP contribution in [0.1, 0.15) is 16.9 Å². The maximum atomic E-state index is 5.31. The van der Waals surface area contributed by atoms with Gasteiger partial charge in [-0.15, -0.1) is 21.5 Å². The molecule has 3 nitrogen and oxygen atoms in total. The highest BCUT2D eigenvalue weighted by Crippen LogP contribution is 2.36. The third kappa shape index (κ3) is 1.31. The van der Waals surface area contributed by atoms with E-state index in [1.165, 1.54) is 29.7 Å². The summed E-state index contributed by atoms with van der Waals surface area (Å²) in [4.78, 5) is 3.02. The summed E-state index contributed by atoms with van der Waals surface area (Å²) in [6.45, 7) is 0. The minimum absolute atomic E-state index is 0.445. The van der Waals surface area contributed by atoms with Gasteiger partial charge in [0.25, 0.3) is 10.7 Å². The van der Waals surface area contributed by atoms with Crippen LogP contribution in [0.15, 0.2) is 15.3 Å². The van der Waals surface area contributed by atoms with Crippen molar-refractivity contribution in [3.63, 3.8) is 0 Å². The van der Waals surface area contributed by atoms with Gasteiger partial charge in [0.1, 0.15) is 0 Å². The molecule has 5 heteroatoms. The molecule has 1 aliphatic carbocycles. The standard InChI is InChI=1S/C9H7BrN2OS/c10-9-12-11-8(13-9)7-4-5-2-1-3-6(5)14-7/h4H,1-3H2. The molecular formula is C9H7BrN2OS. The predicted molar refractivity (Wildman–Crippen MR) is 57.3 cm³/mol. The molecule has 3 rings (SSSR count). The summed E-state index contributed by atoms with van der Waals surface area (Å²) in [5.74, 6) is 0.622. The number of halogens is 1. The third-order valence-corrected chi connectivity index (χ3v) is 3.90. The van der Waals surface area contributed by atoms with Gasteiger partial charge in [-0.1, -0.05) is 0 Å². The lowest BCUT2D eigenvalue weighted by molar-refractivity contribution is 0.541. The minimum atomic E-state index is 0.445. The molecule has 0 bridgehead atoms. The highest BCUT2D eigenvalue weighted by molar-refractivity contribution is 9.10. The van der Waals surface area contributed by atoms with Crippen LogP contribution in [0, 0.1) is 0 Å². The molecule has 2 heterocycles. The Kier molecular flexibility index (Phi) is 1.95. The number of hydrogen-bond acceptors (Lipinski definition) is 4. The molecule has 0 radical (unpaired) electrons. The molecule has 0 spiro atoms. The average molecular weight is 271 g/mol. The van der Waals surface area contributed by atoms with Crippen molar-refractivity contribution in [2.24, 2.45) is 0 Å². The van der Waals surface area contributed by atoms with E-state index in [1.54, 1.807) is 11.3 Å². The first kappa shape index (κ1) is 8.61. The van der Waals surface area contributed by atoms with E-state index in [-0.39, 0.29) is 0 Å². The largest absolute Gasteiger partial charge is 0.410 e.